The maximum absolute atomic E-state index is 13.3. The van der Waals surface area contributed by atoms with Crippen molar-refractivity contribution in [2.24, 2.45) is 46.3 Å². The molecule has 4 aliphatic rings. The second-order valence-corrected chi connectivity index (χ2v) is 19.4. The molecule has 320 valence electrons. The molecule has 0 spiro atoms. The van der Waals surface area contributed by atoms with Crippen LogP contribution in [0.2, 0.25) is 0 Å². The lowest BCUT2D eigenvalue weighted by molar-refractivity contribution is -0.0584. The van der Waals surface area contributed by atoms with E-state index < -0.39 is 17.8 Å². The summed E-state index contributed by atoms with van der Waals surface area (Å²) >= 11 is 0. The van der Waals surface area contributed by atoms with Crippen LogP contribution in [0.5, 0.6) is 11.5 Å². The molecule has 0 heterocycles. The zero-order valence-electron chi connectivity index (χ0n) is 36.9. The van der Waals surface area contributed by atoms with E-state index in [4.69, 9.17) is 18.9 Å². The first kappa shape index (κ1) is 43.3. The van der Waals surface area contributed by atoms with E-state index in [2.05, 4.69) is 46.0 Å². The van der Waals surface area contributed by atoms with Crippen molar-refractivity contribution in [3.8, 4) is 11.5 Å². The fourth-order valence-electron chi connectivity index (χ4n) is 12.5. The monoisotopic (exact) mass is 806 g/mol. The lowest BCUT2D eigenvalue weighted by atomic mass is 9.47. The minimum absolute atomic E-state index is 0.00328. The molecule has 3 fully saturated rings. The second kappa shape index (κ2) is 18.4. The van der Waals surface area contributed by atoms with E-state index in [-0.39, 0.29) is 24.7 Å². The number of nitrogens with one attached hydrogen (secondary N) is 1. The van der Waals surface area contributed by atoms with Gasteiger partial charge in [-0.15, -0.1) is 0 Å². The maximum atomic E-state index is 13.3. The van der Waals surface area contributed by atoms with Crippen LogP contribution in [-0.2, 0) is 15.1 Å². The summed E-state index contributed by atoms with van der Waals surface area (Å²) < 4.78 is 23.9. The molecule has 0 bridgehead atoms. The van der Waals surface area contributed by atoms with E-state index >= 15 is 0 Å². The third-order valence-electron chi connectivity index (χ3n) is 15.7. The summed E-state index contributed by atoms with van der Waals surface area (Å²) in [6.07, 6.45) is 14.4. The van der Waals surface area contributed by atoms with Crippen LogP contribution in [0.25, 0.3) is 0 Å². The van der Waals surface area contributed by atoms with Gasteiger partial charge in [0.2, 0.25) is 0 Å². The molecule has 0 aliphatic heterocycles. The number of aliphatic hydroxyl groups is 1. The molecule has 3 aromatic carbocycles. The maximum Gasteiger partial charge on any atom is 0.407 e. The molecule has 9 atom stereocenters. The minimum Gasteiger partial charge on any atom is -0.497 e. The molecule has 0 radical (unpaired) electrons. The Balaban J connectivity index is 0.965. The lowest BCUT2D eigenvalue weighted by Crippen LogP contribution is -2.51. The molecule has 2 N–H and O–H groups in total. The van der Waals surface area contributed by atoms with Gasteiger partial charge in [-0.05, 0) is 132 Å². The van der Waals surface area contributed by atoms with Gasteiger partial charge >= 0.3 is 6.09 Å². The Hall–Kier alpha value is -3.81. The van der Waals surface area contributed by atoms with Crippen molar-refractivity contribution in [2.75, 3.05) is 27.4 Å². The fraction of sp³-hybridized carbons (Fsp3) is 0.596. The van der Waals surface area contributed by atoms with Gasteiger partial charge < -0.3 is 29.4 Å². The zero-order valence-corrected chi connectivity index (χ0v) is 36.9. The summed E-state index contributed by atoms with van der Waals surface area (Å²) in [5, 5.41) is 14.2. The summed E-state index contributed by atoms with van der Waals surface area (Å²) in [4.78, 5) is 13.3. The minimum atomic E-state index is -1.06. The number of carbonyl (C=O) groups excluding carboxylic acids is 1. The van der Waals surface area contributed by atoms with Gasteiger partial charge in [-0.3, -0.25) is 0 Å². The summed E-state index contributed by atoms with van der Waals surface area (Å²) in [5.74, 6) is 6.27. The third kappa shape index (κ3) is 8.84. The fourth-order valence-corrected chi connectivity index (χ4v) is 12.5. The Morgan fingerprint density at radius 1 is 0.814 bits per heavy atom. The quantitative estimate of drug-likeness (QED) is 0.111. The number of ether oxygens (including phenoxy) is 4. The average molecular weight is 806 g/mol. The number of methoxy groups -OCH3 is 2. The van der Waals surface area contributed by atoms with E-state index in [0.717, 1.165) is 83.0 Å². The van der Waals surface area contributed by atoms with E-state index in [1.165, 1.54) is 56.9 Å². The van der Waals surface area contributed by atoms with Gasteiger partial charge in [-0.2, -0.15) is 0 Å². The number of allylic oxidation sites excluding steroid dienone is 1. The van der Waals surface area contributed by atoms with E-state index in [1.807, 2.05) is 78.9 Å². The Morgan fingerprint density at radius 2 is 1.46 bits per heavy atom. The number of rotatable bonds is 16. The van der Waals surface area contributed by atoms with Crippen molar-refractivity contribution in [1.82, 2.24) is 5.32 Å². The highest BCUT2D eigenvalue weighted by Gasteiger charge is 2.59. The van der Waals surface area contributed by atoms with Crippen molar-refractivity contribution < 1.29 is 28.8 Å². The number of amides is 1. The first-order valence-electron chi connectivity index (χ1n) is 22.7. The predicted octanol–water partition coefficient (Wildman–Crippen LogP) is 11.5. The molecule has 3 saturated carbocycles. The van der Waals surface area contributed by atoms with Crippen LogP contribution < -0.4 is 14.8 Å². The highest BCUT2D eigenvalue weighted by atomic mass is 16.6. The first-order chi connectivity index (χ1) is 28.4. The molecule has 4 aliphatic carbocycles. The largest absolute Gasteiger partial charge is 0.497 e. The summed E-state index contributed by atoms with van der Waals surface area (Å²) in [7, 11) is 3.29. The number of hydrogen-bond acceptors (Lipinski definition) is 6. The topological polar surface area (TPSA) is 86.2 Å². The van der Waals surface area contributed by atoms with Crippen LogP contribution in [0.3, 0.4) is 0 Å². The van der Waals surface area contributed by atoms with Crippen LogP contribution in [0.4, 0.5) is 4.79 Å². The predicted molar refractivity (Wildman–Crippen MR) is 236 cm³/mol. The SMILES string of the molecule is COc1ccc(C(OCC(O)CNC(=O)O[C@H]2CC[C@@]3(C)C(=CC[C@H]4[C@@H]5CC[C@H]([C@H](C)CCCC(C)C)[C@@]5(C)CC[C@@H]43)C2)(c2ccccc2)c2ccc(OC)cc2)cc1. The van der Waals surface area contributed by atoms with Gasteiger partial charge in [-0.1, -0.05) is 120 Å². The Morgan fingerprint density at radius 3 is 2.08 bits per heavy atom. The molecular formula is C52H71NO6. The standard InChI is InChI=1S/C52H71NO6/c1-35(2)12-11-13-36(3)46-26-27-47-45-25-20-40-32-44(28-30-50(40,4)48(45)29-31-51(46,47)5)59-49(55)53-33-41(54)34-58-52(37-14-9-8-10-15-37,38-16-21-42(56-6)22-17-38)39-18-23-43(57-7)24-19-39/h8-10,14-24,35-36,41,44-48,54H,11-13,25-34H2,1-7H3,(H,53,55)/t36-,41?,44+,45+,46-,47+,48+,50+,51-/m1/s1. The van der Waals surface area contributed by atoms with Crippen molar-refractivity contribution in [3.05, 3.63) is 107 Å². The molecule has 1 amide bonds. The first-order valence-corrected chi connectivity index (χ1v) is 22.7. The molecule has 3 aromatic rings. The normalized spacial score (nSPS) is 28.7. The number of hydrogen-bond donors (Lipinski definition) is 2. The highest BCUT2D eigenvalue weighted by molar-refractivity contribution is 5.67. The molecule has 0 saturated heterocycles. The summed E-state index contributed by atoms with van der Waals surface area (Å²) in [6.45, 7) is 12.4. The highest BCUT2D eigenvalue weighted by Crippen LogP contribution is 2.67. The molecule has 7 heteroatoms. The molecule has 59 heavy (non-hydrogen) atoms. The number of benzene rings is 3. The zero-order chi connectivity index (χ0) is 41.8. The van der Waals surface area contributed by atoms with E-state index in [1.54, 1.807) is 14.2 Å². The second-order valence-electron chi connectivity index (χ2n) is 19.4. The van der Waals surface area contributed by atoms with Gasteiger partial charge in [0, 0.05) is 13.0 Å². The van der Waals surface area contributed by atoms with Crippen LogP contribution in [0, 0.1) is 46.3 Å². The molecule has 0 aromatic heterocycles. The van der Waals surface area contributed by atoms with Gasteiger partial charge in [0.05, 0.1) is 26.9 Å². The molecule has 7 rings (SSSR count). The Kier molecular flexibility index (Phi) is 13.5. The van der Waals surface area contributed by atoms with Gasteiger partial charge in [0.25, 0.3) is 0 Å². The Labute approximate surface area is 354 Å². The van der Waals surface area contributed by atoms with E-state index in [9.17, 15) is 9.90 Å². The smallest absolute Gasteiger partial charge is 0.407 e. The Bertz CT molecular complexity index is 1810. The summed E-state index contributed by atoms with van der Waals surface area (Å²) in [5.41, 5.74) is 3.75. The van der Waals surface area contributed by atoms with E-state index in [0.29, 0.717) is 5.41 Å². The average Bonchev–Trinajstić information content (AvgIpc) is 3.61. The van der Waals surface area contributed by atoms with Crippen molar-refractivity contribution in [2.45, 2.75) is 123 Å². The van der Waals surface area contributed by atoms with Crippen molar-refractivity contribution in [1.29, 1.82) is 0 Å². The van der Waals surface area contributed by atoms with Gasteiger partial charge in [-0.25, -0.2) is 4.79 Å². The van der Waals surface area contributed by atoms with Crippen LogP contribution >= 0.6 is 0 Å². The molecule has 7 nitrogen and oxygen atoms in total. The molecular weight excluding hydrogens is 735 g/mol. The number of aliphatic hydroxyl groups excluding tert-OH is 1. The van der Waals surface area contributed by atoms with Crippen LogP contribution in [0.15, 0.2) is 90.5 Å². The lowest BCUT2D eigenvalue weighted by Gasteiger charge is -2.58. The third-order valence-corrected chi connectivity index (χ3v) is 15.7. The van der Waals surface area contributed by atoms with Crippen LogP contribution in [0.1, 0.15) is 122 Å². The molecule has 1 unspecified atom stereocenters. The van der Waals surface area contributed by atoms with Crippen molar-refractivity contribution in [3.63, 3.8) is 0 Å². The summed E-state index contributed by atoms with van der Waals surface area (Å²) in [6, 6.07) is 25.6. The van der Waals surface area contributed by atoms with Crippen molar-refractivity contribution >= 4 is 6.09 Å². The number of fused-ring (bicyclic) bond motifs is 5. The van der Waals surface area contributed by atoms with Gasteiger partial charge in [0.15, 0.2) is 0 Å². The number of carbonyl (C=O) groups is 1. The van der Waals surface area contributed by atoms with Gasteiger partial charge in [0.1, 0.15) is 23.2 Å². The van der Waals surface area contributed by atoms with Crippen LogP contribution in [-0.4, -0.2) is 50.8 Å². The number of alkyl carbamates (subject to hydrolysis) is 1.